The summed E-state index contributed by atoms with van der Waals surface area (Å²) in [4.78, 5) is 22.1. The number of amides is 1. The molecule has 0 aliphatic heterocycles. The quantitative estimate of drug-likeness (QED) is 0.758. The molecule has 0 heterocycles. The average molecular weight is 292 g/mol. The molecule has 0 saturated heterocycles. The zero-order valence-corrected chi connectivity index (χ0v) is 10.7. The summed E-state index contributed by atoms with van der Waals surface area (Å²) >= 11 is 11.5. The lowest BCUT2D eigenvalue weighted by Crippen LogP contribution is -2.43. The van der Waals surface area contributed by atoms with Gasteiger partial charge in [0.15, 0.2) is 0 Å². The van der Waals surface area contributed by atoms with Crippen LogP contribution in [-0.4, -0.2) is 34.7 Å². The van der Waals surface area contributed by atoms with Crippen LogP contribution in [0.25, 0.3) is 0 Å². The van der Waals surface area contributed by atoms with E-state index in [1.54, 1.807) is 12.1 Å². The second kappa shape index (κ2) is 6.58. The van der Waals surface area contributed by atoms with Crippen molar-refractivity contribution in [3.8, 4) is 0 Å². The van der Waals surface area contributed by atoms with Gasteiger partial charge in [0.1, 0.15) is 6.04 Å². The highest BCUT2D eigenvalue weighted by Gasteiger charge is 2.18. The van der Waals surface area contributed by atoms with Gasteiger partial charge in [-0.2, -0.15) is 0 Å². The fourth-order valence-electron chi connectivity index (χ4n) is 1.27. The number of carboxylic acids is 1. The normalized spacial score (nSPS) is 11.9. The van der Waals surface area contributed by atoms with E-state index in [0.29, 0.717) is 15.6 Å². The zero-order valence-electron chi connectivity index (χ0n) is 9.19. The van der Waals surface area contributed by atoms with Gasteiger partial charge >= 0.3 is 5.97 Å². The molecule has 0 aliphatic carbocycles. The Morgan fingerprint density at radius 3 is 2.44 bits per heavy atom. The third-order valence-corrected chi connectivity index (χ3v) is 2.90. The molecule has 0 aromatic heterocycles. The van der Waals surface area contributed by atoms with Gasteiger partial charge in [0.05, 0.1) is 23.1 Å². The first-order chi connectivity index (χ1) is 8.43. The second-order valence-electron chi connectivity index (χ2n) is 3.57. The van der Waals surface area contributed by atoms with Crippen LogP contribution in [0.1, 0.15) is 5.56 Å². The fourth-order valence-corrected chi connectivity index (χ4v) is 1.59. The van der Waals surface area contributed by atoms with Crippen molar-refractivity contribution in [3.05, 3.63) is 33.8 Å². The van der Waals surface area contributed by atoms with Gasteiger partial charge in [0.2, 0.25) is 5.91 Å². The Kier molecular flexibility index (Phi) is 5.40. The highest BCUT2D eigenvalue weighted by atomic mass is 35.5. The minimum Gasteiger partial charge on any atom is -0.480 e. The predicted octanol–water partition coefficient (Wildman–Crippen LogP) is 1.10. The van der Waals surface area contributed by atoms with E-state index in [2.05, 4.69) is 5.32 Å². The molecule has 0 bridgehead atoms. The van der Waals surface area contributed by atoms with Crippen LogP contribution in [0.4, 0.5) is 0 Å². The van der Waals surface area contributed by atoms with Gasteiger partial charge in [-0.1, -0.05) is 29.3 Å². The molecule has 18 heavy (non-hydrogen) atoms. The maximum absolute atomic E-state index is 11.5. The Morgan fingerprint density at radius 1 is 1.28 bits per heavy atom. The summed E-state index contributed by atoms with van der Waals surface area (Å²) in [7, 11) is 0. The minimum absolute atomic E-state index is 0.0410. The summed E-state index contributed by atoms with van der Waals surface area (Å²) in [5, 5.41) is 20.3. The standard InChI is InChI=1S/C11H11Cl2NO4/c12-7-2-1-6(3-8(7)13)4-10(16)14-9(5-15)11(17)18/h1-3,9,15H,4-5H2,(H,14,16)(H,17,18). The number of hydrogen-bond acceptors (Lipinski definition) is 3. The zero-order chi connectivity index (χ0) is 13.7. The maximum atomic E-state index is 11.5. The summed E-state index contributed by atoms with van der Waals surface area (Å²) < 4.78 is 0. The lowest BCUT2D eigenvalue weighted by atomic mass is 10.1. The van der Waals surface area contributed by atoms with Crippen LogP contribution >= 0.6 is 23.2 Å². The van der Waals surface area contributed by atoms with E-state index in [1.807, 2.05) is 0 Å². The molecule has 5 nitrogen and oxygen atoms in total. The molecule has 1 atom stereocenters. The van der Waals surface area contributed by atoms with Crippen molar-refractivity contribution < 1.29 is 19.8 Å². The molecule has 7 heteroatoms. The number of aliphatic hydroxyl groups excluding tert-OH is 1. The number of carbonyl (C=O) groups excluding carboxylic acids is 1. The van der Waals surface area contributed by atoms with E-state index in [-0.39, 0.29) is 6.42 Å². The number of rotatable bonds is 5. The number of halogens is 2. The van der Waals surface area contributed by atoms with E-state index in [9.17, 15) is 9.59 Å². The molecule has 1 aromatic carbocycles. The Morgan fingerprint density at radius 2 is 1.94 bits per heavy atom. The van der Waals surface area contributed by atoms with Crippen LogP contribution in [0.3, 0.4) is 0 Å². The van der Waals surface area contributed by atoms with Crippen molar-refractivity contribution in [2.45, 2.75) is 12.5 Å². The highest BCUT2D eigenvalue weighted by molar-refractivity contribution is 6.42. The monoisotopic (exact) mass is 291 g/mol. The van der Waals surface area contributed by atoms with Crippen LogP contribution in [-0.2, 0) is 16.0 Å². The van der Waals surface area contributed by atoms with Gasteiger partial charge in [-0.3, -0.25) is 4.79 Å². The molecule has 0 saturated carbocycles. The van der Waals surface area contributed by atoms with E-state index in [0.717, 1.165) is 0 Å². The molecule has 1 amide bonds. The fraction of sp³-hybridized carbons (Fsp3) is 0.273. The Labute approximate surface area is 113 Å². The predicted molar refractivity (Wildman–Crippen MR) is 66.8 cm³/mol. The Balaban J connectivity index is 2.64. The summed E-state index contributed by atoms with van der Waals surface area (Å²) in [6.45, 7) is -0.664. The average Bonchev–Trinajstić information content (AvgIpc) is 2.30. The molecule has 0 radical (unpaired) electrons. The third kappa shape index (κ3) is 4.18. The molecule has 98 valence electrons. The number of hydrogen-bond donors (Lipinski definition) is 3. The molecule has 0 aliphatic rings. The SMILES string of the molecule is O=C(Cc1ccc(Cl)c(Cl)c1)NC(CO)C(=O)O. The Hall–Kier alpha value is -1.30. The summed E-state index contributed by atoms with van der Waals surface area (Å²) in [6, 6.07) is 3.38. The molecule has 1 rings (SSSR count). The molecule has 0 fully saturated rings. The first-order valence-electron chi connectivity index (χ1n) is 5.01. The number of benzene rings is 1. The van der Waals surface area contributed by atoms with E-state index in [4.69, 9.17) is 33.4 Å². The van der Waals surface area contributed by atoms with Crippen molar-refractivity contribution in [3.63, 3.8) is 0 Å². The highest BCUT2D eigenvalue weighted by Crippen LogP contribution is 2.22. The lowest BCUT2D eigenvalue weighted by Gasteiger charge is -2.11. The van der Waals surface area contributed by atoms with Gasteiger partial charge in [-0.25, -0.2) is 4.79 Å². The van der Waals surface area contributed by atoms with E-state index in [1.165, 1.54) is 6.07 Å². The molecule has 1 unspecified atom stereocenters. The largest absolute Gasteiger partial charge is 0.480 e. The van der Waals surface area contributed by atoms with Gasteiger partial charge in [-0.15, -0.1) is 0 Å². The summed E-state index contributed by atoms with van der Waals surface area (Å²) in [5.41, 5.74) is 0.601. The second-order valence-corrected chi connectivity index (χ2v) is 4.38. The van der Waals surface area contributed by atoms with Crippen LogP contribution in [0.15, 0.2) is 18.2 Å². The number of aliphatic carboxylic acids is 1. The molecular formula is C11H11Cl2NO4. The van der Waals surface area contributed by atoms with Crippen molar-refractivity contribution in [2.24, 2.45) is 0 Å². The molecular weight excluding hydrogens is 281 g/mol. The van der Waals surface area contributed by atoms with Crippen LogP contribution in [0.2, 0.25) is 10.0 Å². The van der Waals surface area contributed by atoms with Crippen LogP contribution in [0, 0.1) is 0 Å². The smallest absolute Gasteiger partial charge is 0.328 e. The molecule has 0 spiro atoms. The summed E-state index contributed by atoms with van der Waals surface area (Å²) in [6.07, 6.45) is -0.0410. The van der Waals surface area contributed by atoms with Crippen molar-refractivity contribution in [1.29, 1.82) is 0 Å². The Bertz CT molecular complexity index is 464. The number of aliphatic hydroxyl groups is 1. The van der Waals surface area contributed by atoms with Crippen molar-refractivity contribution in [1.82, 2.24) is 5.32 Å². The summed E-state index contributed by atoms with van der Waals surface area (Å²) in [5.74, 6) is -1.81. The van der Waals surface area contributed by atoms with E-state index < -0.39 is 24.5 Å². The number of nitrogens with one attached hydrogen (secondary N) is 1. The first kappa shape index (κ1) is 14.8. The van der Waals surface area contributed by atoms with Gasteiger partial charge in [-0.05, 0) is 17.7 Å². The first-order valence-corrected chi connectivity index (χ1v) is 5.76. The van der Waals surface area contributed by atoms with Gasteiger partial charge < -0.3 is 15.5 Å². The third-order valence-electron chi connectivity index (χ3n) is 2.16. The van der Waals surface area contributed by atoms with Gasteiger partial charge in [0, 0.05) is 0 Å². The van der Waals surface area contributed by atoms with Gasteiger partial charge in [0.25, 0.3) is 0 Å². The van der Waals surface area contributed by atoms with E-state index >= 15 is 0 Å². The van der Waals surface area contributed by atoms with Crippen LogP contribution < -0.4 is 5.32 Å². The van der Waals surface area contributed by atoms with Crippen molar-refractivity contribution >= 4 is 35.1 Å². The number of carboxylic acid groups (broad SMARTS) is 1. The molecule has 1 aromatic rings. The topological polar surface area (TPSA) is 86.6 Å². The molecule has 3 N–H and O–H groups in total. The lowest BCUT2D eigenvalue weighted by molar-refractivity contribution is -0.142. The number of carbonyl (C=O) groups is 2. The maximum Gasteiger partial charge on any atom is 0.328 e. The van der Waals surface area contributed by atoms with Crippen molar-refractivity contribution in [2.75, 3.05) is 6.61 Å². The minimum atomic E-state index is -1.31. The van der Waals surface area contributed by atoms with Crippen LogP contribution in [0.5, 0.6) is 0 Å².